The summed E-state index contributed by atoms with van der Waals surface area (Å²) in [4.78, 5) is 34.9. The lowest BCUT2D eigenvalue weighted by Crippen LogP contribution is -2.50. The maximum atomic E-state index is 13.5. The highest BCUT2D eigenvalue weighted by Gasteiger charge is 2.31. The van der Waals surface area contributed by atoms with Crippen molar-refractivity contribution in [1.29, 1.82) is 0 Å². The van der Waals surface area contributed by atoms with Crippen molar-refractivity contribution in [2.45, 2.75) is 13.0 Å². The zero-order valence-electron chi connectivity index (χ0n) is 21.0. The van der Waals surface area contributed by atoms with Crippen LogP contribution in [0.5, 0.6) is 0 Å². The number of furan rings is 1. The zero-order chi connectivity index (χ0) is 26.2. The third-order valence-corrected chi connectivity index (χ3v) is 6.75. The lowest BCUT2D eigenvalue weighted by Gasteiger charge is -2.38. The van der Waals surface area contributed by atoms with Crippen LogP contribution in [0.2, 0.25) is 0 Å². The van der Waals surface area contributed by atoms with Crippen LogP contribution in [-0.4, -0.2) is 73.0 Å². The summed E-state index contributed by atoms with van der Waals surface area (Å²) in [5.41, 5.74) is 3.35. The van der Waals surface area contributed by atoms with E-state index in [1.165, 1.54) is 11.7 Å². The number of carbonyl (C=O) groups excluding carboxylic acids is 2. The lowest BCUT2D eigenvalue weighted by molar-refractivity contribution is -0.114. The molecule has 1 N–H and O–H groups in total. The van der Waals surface area contributed by atoms with Crippen LogP contribution in [-0.2, 0) is 11.8 Å². The predicted octanol–water partition coefficient (Wildman–Crippen LogP) is 3.01. The second kappa shape index (κ2) is 9.67. The molecule has 0 bridgehead atoms. The van der Waals surface area contributed by atoms with Gasteiger partial charge in [-0.3, -0.25) is 14.5 Å². The van der Waals surface area contributed by atoms with Crippen LogP contribution in [0.4, 0.5) is 5.69 Å². The molecule has 1 fully saturated rings. The van der Waals surface area contributed by atoms with Crippen LogP contribution in [0, 0.1) is 0 Å². The Bertz CT molecular complexity index is 1640. The summed E-state index contributed by atoms with van der Waals surface area (Å²) in [6, 6.07) is 17.2. The van der Waals surface area contributed by atoms with Crippen molar-refractivity contribution in [2.75, 3.05) is 31.5 Å². The van der Waals surface area contributed by atoms with Gasteiger partial charge in [-0.1, -0.05) is 30.3 Å². The average Bonchev–Trinajstić information content (AvgIpc) is 3.51. The summed E-state index contributed by atoms with van der Waals surface area (Å²) in [5, 5.41) is 17.2. The van der Waals surface area contributed by atoms with Gasteiger partial charge in [0.2, 0.25) is 5.91 Å². The Morgan fingerprint density at radius 3 is 2.45 bits per heavy atom. The molecule has 0 saturated carbocycles. The summed E-state index contributed by atoms with van der Waals surface area (Å²) in [5.74, 6) is 0.349. The number of anilines is 1. The molecule has 38 heavy (non-hydrogen) atoms. The Kier molecular flexibility index (Phi) is 6.04. The number of aromatic nitrogens is 5. The fourth-order valence-corrected chi connectivity index (χ4v) is 4.99. The average molecular weight is 511 g/mol. The molecule has 11 nitrogen and oxygen atoms in total. The van der Waals surface area contributed by atoms with Gasteiger partial charge in [0.05, 0.1) is 19.3 Å². The van der Waals surface area contributed by atoms with Crippen LogP contribution in [0.15, 0.2) is 65.2 Å². The van der Waals surface area contributed by atoms with Gasteiger partial charge >= 0.3 is 0 Å². The van der Waals surface area contributed by atoms with Crippen molar-refractivity contribution < 1.29 is 14.0 Å². The first-order valence-electron chi connectivity index (χ1n) is 12.4. The number of piperazine rings is 1. The van der Waals surface area contributed by atoms with Gasteiger partial charge in [0.1, 0.15) is 11.3 Å². The molecule has 0 radical (unpaired) electrons. The van der Waals surface area contributed by atoms with Crippen LogP contribution in [0.1, 0.15) is 34.8 Å². The van der Waals surface area contributed by atoms with E-state index in [0.29, 0.717) is 54.6 Å². The Morgan fingerprint density at radius 2 is 1.74 bits per heavy atom. The van der Waals surface area contributed by atoms with E-state index in [1.54, 1.807) is 31.4 Å². The van der Waals surface area contributed by atoms with Crippen molar-refractivity contribution in [3.8, 4) is 0 Å². The van der Waals surface area contributed by atoms with E-state index in [9.17, 15) is 9.59 Å². The van der Waals surface area contributed by atoms with E-state index in [2.05, 4.69) is 42.7 Å². The summed E-state index contributed by atoms with van der Waals surface area (Å²) in [7, 11) is 1.75. The number of aryl methyl sites for hydroxylation is 1. The molecule has 1 atom stereocenters. The molecule has 2 aromatic carbocycles. The fourth-order valence-electron chi connectivity index (χ4n) is 4.99. The van der Waals surface area contributed by atoms with Crippen molar-refractivity contribution in [1.82, 2.24) is 35.0 Å². The van der Waals surface area contributed by atoms with Crippen LogP contribution in [0.25, 0.3) is 21.9 Å². The topological polar surface area (TPSA) is 122 Å². The number of pyridine rings is 1. The van der Waals surface area contributed by atoms with Crippen LogP contribution in [0.3, 0.4) is 0 Å². The van der Waals surface area contributed by atoms with E-state index < -0.39 is 0 Å². The minimum atomic E-state index is -0.154. The first-order valence-corrected chi connectivity index (χ1v) is 12.4. The smallest absolute Gasteiger partial charge is 0.272 e. The molecule has 3 aromatic heterocycles. The monoisotopic (exact) mass is 510 g/mol. The van der Waals surface area contributed by atoms with Gasteiger partial charge in [-0.2, -0.15) is 4.80 Å². The third kappa shape index (κ3) is 4.48. The van der Waals surface area contributed by atoms with Gasteiger partial charge in [-0.05, 0) is 35.0 Å². The van der Waals surface area contributed by atoms with Gasteiger partial charge in [0, 0.05) is 49.6 Å². The minimum absolute atomic E-state index is 0.132. The molecule has 11 heteroatoms. The molecular formula is C27H26N8O3. The summed E-state index contributed by atoms with van der Waals surface area (Å²) in [6.45, 7) is 3.85. The predicted molar refractivity (Wildman–Crippen MR) is 140 cm³/mol. The summed E-state index contributed by atoms with van der Waals surface area (Å²) >= 11 is 0. The standard InChI is InChI=1S/C27H26N8O3/c1-17(36)29-19-8-9-23-20(14-19)21-15-22(28-16-24(21)38-23)27(37)35-12-10-34(11-13-35)25(18-6-4-3-5-7-18)26-30-32-33(2)31-26/h3-9,14-16,25H,10-13H2,1-2H3,(H,29,36). The number of amides is 2. The number of hydrogen-bond acceptors (Lipinski definition) is 8. The Morgan fingerprint density at radius 1 is 0.974 bits per heavy atom. The van der Waals surface area contributed by atoms with E-state index in [-0.39, 0.29) is 17.9 Å². The van der Waals surface area contributed by atoms with Gasteiger partial charge in [0.15, 0.2) is 11.4 Å². The number of carbonyl (C=O) groups is 2. The summed E-state index contributed by atoms with van der Waals surface area (Å²) in [6.07, 6.45) is 1.59. The number of tetrazole rings is 1. The molecule has 1 saturated heterocycles. The molecule has 2 amide bonds. The number of fused-ring (bicyclic) bond motifs is 3. The van der Waals surface area contributed by atoms with Gasteiger partial charge < -0.3 is 14.6 Å². The number of hydrogen-bond donors (Lipinski definition) is 1. The first-order chi connectivity index (χ1) is 18.5. The molecule has 5 aromatic rings. The van der Waals surface area contributed by atoms with Crippen molar-refractivity contribution in [3.63, 3.8) is 0 Å². The maximum Gasteiger partial charge on any atom is 0.272 e. The highest BCUT2D eigenvalue weighted by atomic mass is 16.3. The van der Waals surface area contributed by atoms with Gasteiger partial charge in [0.25, 0.3) is 5.91 Å². The quantitative estimate of drug-likeness (QED) is 0.383. The highest BCUT2D eigenvalue weighted by molar-refractivity contribution is 6.08. The molecule has 0 spiro atoms. The molecule has 1 unspecified atom stereocenters. The zero-order valence-corrected chi connectivity index (χ0v) is 21.0. The normalized spacial score (nSPS) is 15.2. The second-order valence-electron chi connectivity index (χ2n) is 9.34. The number of benzene rings is 2. The third-order valence-electron chi connectivity index (χ3n) is 6.75. The molecule has 6 rings (SSSR count). The van der Waals surface area contributed by atoms with Gasteiger partial charge in [-0.25, -0.2) is 4.98 Å². The summed E-state index contributed by atoms with van der Waals surface area (Å²) < 4.78 is 5.89. The molecule has 1 aliphatic rings. The van der Waals surface area contributed by atoms with Crippen molar-refractivity contribution in [3.05, 3.63) is 77.9 Å². The SMILES string of the molecule is CC(=O)Nc1ccc2oc3cnc(C(=O)N4CCN(C(c5ccccc5)c5nnn(C)n5)CC4)cc3c2c1. The molecule has 4 heterocycles. The lowest BCUT2D eigenvalue weighted by atomic mass is 10.0. The first kappa shape index (κ1) is 23.7. The Labute approximate surface area is 218 Å². The Balaban J connectivity index is 1.22. The second-order valence-corrected chi connectivity index (χ2v) is 9.34. The largest absolute Gasteiger partial charge is 0.454 e. The molecular weight excluding hydrogens is 484 g/mol. The van der Waals surface area contributed by atoms with E-state index in [4.69, 9.17) is 4.42 Å². The van der Waals surface area contributed by atoms with E-state index in [1.807, 2.05) is 29.2 Å². The van der Waals surface area contributed by atoms with Crippen molar-refractivity contribution >= 4 is 39.4 Å². The molecule has 192 valence electrons. The van der Waals surface area contributed by atoms with E-state index in [0.717, 1.165) is 16.3 Å². The Hall–Kier alpha value is -4.64. The van der Waals surface area contributed by atoms with Crippen LogP contribution >= 0.6 is 0 Å². The molecule has 1 aliphatic heterocycles. The maximum absolute atomic E-state index is 13.5. The number of rotatable bonds is 5. The van der Waals surface area contributed by atoms with Gasteiger partial charge in [-0.15, -0.1) is 10.2 Å². The van der Waals surface area contributed by atoms with Crippen LogP contribution < -0.4 is 5.32 Å². The van der Waals surface area contributed by atoms with Crippen molar-refractivity contribution in [2.24, 2.45) is 7.05 Å². The van der Waals surface area contributed by atoms with E-state index >= 15 is 0 Å². The molecule has 0 aliphatic carbocycles. The number of nitrogens with one attached hydrogen (secondary N) is 1. The minimum Gasteiger partial charge on any atom is -0.454 e. The fraction of sp³-hybridized carbons (Fsp3) is 0.259. The number of nitrogens with zero attached hydrogens (tertiary/aromatic N) is 7. The highest BCUT2D eigenvalue weighted by Crippen LogP contribution is 2.31.